The molecule has 7 nitrogen and oxygen atoms in total. The SMILES string of the molecule is O=C(Cn1cc(C(F)(F)F)cc(Cl)c1=O)NNC(=O)c1ccccc1O. The number of hydrogen-bond acceptors (Lipinski definition) is 4. The van der Waals surface area contributed by atoms with Crippen molar-refractivity contribution in [2.24, 2.45) is 0 Å². The van der Waals surface area contributed by atoms with E-state index >= 15 is 0 Å². The van der Waals surface area contributed by atoms with Gasteiger partial charge in [0.2, 0.25) is 0 Å². The Labute approximate surface area is 149 Å². The molecule has 1 heterocycles. The van der Waals surface area contributed by atoms with Crippen LogP contribution in [0.1, 0.15) is 15.9 Å². The highest BCUT2D eigenvalue weighted by molar-refractivity contribution is 6.30. The molecule has 1 aromatic heterocycles. The second-order valence-electron chi connectivity index (χ2n) is 5.03. The van der Waals surface area contributed by atoms with E-state index in [2.05, 4.69) is 0 Å². The van der Waals surface area contributed by atoms with Crippen molar-refractivity contribution < 1.29 is 27.9 Å². The standard InChI is InChI=1S/C15H11ClF3N3O4/c16-10-5-8(15(17,18)19)6-22(14(10)26)7-12(24)20-21-13(25)9-3-1-2-4-11(9)23/h1-6,23H,7H2,(H,20,24)(H,21,25). The van der Waals surface area contributed by atoms with Crippen molar-refractivity contribution in [2.45, 2.75) is 12.7 Å². The number of benzene rings is 1. The molecule has 3 N–H and O–H groups in total. The fourth-order valence-corrected chi connectivity index (χ4v) is 2.15. The first-order valence-electron chi connectivity index (χ1n) is 6.94. The maximum Gasteiger partial charge on any atom is 0.417 e. The number of carbonyl (C=O) groups excluding carboxylic acids is 2. The lowest BCUT2D eigenvalue weighted by atomic mass is 10.2. The molecular formula is C15H11ClF3N3O4. The fourth-order valence-electron chi connectivity index (χ4n) is 1.93. The molecule has 1 aromatic carbocycles. The Balaban J connectivity index is 2.09. The summed E-state index contributed by atoms with van der Waals surface area (Å²) in [5.74, 6) is -2.17. The van der Waals surface area contributed by atoms with E-state index < -0.39 is 40.7 Å². The number of amides is 2. The minimum absolute atomic E-state index is 0.132. The average molecular weight is 390 g/mol. The number of phenolic OH excluding ortho intramolecular Hbond substituents is 1. The largest absolute Gasteiger partial charge is 0.507 e. The second kappa shape index (κ2) is 7.48. The molecule has 138 valence electrons. The van der Waals surface area contributed by atoms with Gasteiger partial charge in [-0.3, -0.25) is 25.2 Å². The van der Waals surface area contributed by atoms with Crippen LogP contribution in [-0.4, -0.2) is 21.5 Å². The summed E-state index contributed by atoms with van der Waals surface area (Å²) in [5, 5.41) is 8.81. The molecule has 0 aliphatic rings. The molecule has 0 bridgehead atoms. The topological polar surface area (TPSA) is 100 Å². The van der Waals surface area contributed by atoms with Crippen molar-refractivity contribution in [3.63, 3.8) is 0 Å². The summed E-state index contributed by atoms with van der Waals surface area (Å²) in [6.07, 6.45) is -4.31. The summed E-state index contributed by atoms with van der Waals surface area (Å²) in [7, 11) is 0. The van der Waals surface area contributed by atoms with Gasteiger partial charge in [-0.05, 0) is 18.2 Å². The molecule has 2 aromatic rings. The summed E-state index contributed by atoms with van der Waals surface area (Å²) >= 11 is 5.47. The monoisotopic (exact) mass is 389 g/mol. The van der Waals surface area contributed by atoms with Crippen LogP contribution in [0.5, 0.6) is 5.75 Å². The van der Waals surface area contributed by atoms with Gasteiger partial charge in [0.1, 0.15) is 17.3 Å². The van der Waals surface area contributed by atoms with Gasteiger partial charge in [-0.2, -0.15) is 13.2 Å². The number of phenols is 1. The Bertz CT molecular complexity index is 912. The van der Waals surface area contributed by atoms with E-state index in [1.165, 1.54) is 24.3 Å². The fraction of sp³-hybridized carbons (Fsp3) is 0.133. The van der Waals surface area contributed by atoms with Gasteiger partial charge >= 0.3 is 6.18 Å². The maximum absolute atomic E-state index is 12.7. The van der Waals surface area contributed by atoms with Gasteiger partial charge in [-0.15, -0.1) is 0 Å². The van der Waals surface area contributed by atoms with E-state index in [9.17, 15) is 32.7 Å². The molecule has 0 aliphatic heterocycles. The van der Waals surface area contributed by atoms with Crippen molar-refractivity contribution in [3.05, 3.63) is 63.0 Å². The van der Waals surface area contributed by atoms with Crippen molar-refractivity contribution in [3.8, 4) is 5.75 Å². The van der Waals surface area contributed by atoms with Gasteiger partial charge in [0.15, 0.2) is 0 Å². The summed E-state index contributed by atoms with van der Waals surface area (Å²) < 4.78 is 38.7. The van der Waals surface area contributed by atoms with Gasteiger partial charge in [-0.25, -0.2) is 0 Å². The second-order valence-corrected chi connectivity index (χ2v) is 5.43. The van der Waals surface area contributed by atoms with E-state index in [4.69, 9.17) is 11.6 Å². The van der Waals surface area contributed by atoms with Crippen LogP contribution in [0.2, 0.25) is 5.02 Å². The smallest absolute Gasteiger partial charge is 0.417 e. The quantitative estimate of drug-likeness (QED) is 0.695. The first-order valence-corrected chi connectivity index (χ1v) is 7.31. The normalized spacial score (nSPS) is 11.1. The van der Waals surface area contributed by atoms with Crippen molar-refractivity contribution in [2.75, 3.05) is 0 Å². The van der Waals surface area contributed by atoms with Gasteiger partial charge in [0.05, 0.1) is 11.1 Å². The lowest BCUT2D eigenvalue weighted by molar-refractivity contribution is -0.138. The molecule has 2 rings (SSSR count). The maximum atomic E-state index is 12.7. The molecule has 0 saturated heterocycles. The van der Waals surface area contributed by atoms with E-state index in [-0.39, 0.29) is 11.3 Å². The third-order valence-corrected chi connectivity index (χ3v) is 3.42. The summed E-state index contributed by atoms with van der Waals surface area (Å²) in [6, 6.07) is 5.95. The van der Waals surface area contributed by atoms with Gasteiger partial charge < -0.3 is 9.67 Å². The first kappa shape index (κ1) is 19.3. The van der Waals surface area contributed by atoms with Crippen LogP contribution in [0.4, 0.5) is 13.2 Å². The van der Waals surface area contributed by atoms with E-state index in [1.54, 1.807) is 0 Å². The highest BCUT2D eigenvalue weighted by Crippen LogP contribution is 2.29. The number of aromatic nitrogens is 1. The Morgan fingerprint density at radius 1 is 1.19 bits per heavy atom. The number of aromatic hydroxyl groups is 1. The molecule has 2 amide bonds. The van der Waals surface area contributed by atoms with E-state index in [0.29, 0.717) is 16.8 Å². The third kappa shape index (κ3) is 4.54. The number of hydrogen-bond donors (Lipinski definition) is 3. The van der Waals surface area contributed by atoms with Crippen LogP contribution in [0.25, 0.3) is 0 Å². The number of hydrazine groups is 1. The lowest BCUT2D eigenvalue weighted by Gasteiger charge is -2.12. The number of nitrogens with zero attached hydrogens (tertiary/aromatic N) is 1. The highest BCUT2D eigenvalue weighted by atomic mass is 35.5. The van der Waals surface area contributed by atoms with Gasteiger partial charge in [-0.1, -0.05) is 23.7 Å². The van der Waals surface area contributed by atoms with Crippen LogP contribution in [0, 0.1) is 0 Å². The van der Waals surface area contributed by atoms with Gasteiger partial charge in [0.25, 0.3) is 17.4 Å². The Morgan fingerprint density at radius 2 is 1.85 bits per heavy atom. The Kier molecular flexibility index (Phi) is 5.56. The molecule has 0 unspecified atom stereocenters. The van der Waals surface area contributed by atoms with Crippen LogP contribution < -0.4 is 16.4 Å². The van der Waals surface area contributed by atoms with Crippen LogP contribution in [0.3, 0.4) is 0 Å². The van der Waals surface area contributed by atoms with Crippen molar-refractivity contribution in [1.82, 2.24) is 15.4 Å². The molecular weight excluding hydrogens is 379 g/mol. The zero-order chi connectivity index (χ0) is 19.5. The van der Waals surface area contributed by atoms with Crippen molar-refractivity contribution in [1.29, 1.82) is 0 Å². The molecule has 0 saturated carbocycles. The first-order chi connectivity index (χ1) is 12.1. The molecule has 0 atom stereocenters. The molecule has 0 aliphatic carbocycles. The van der Waals surface area contributed by atoms with Crippen LogP contribution in [-0.2, 0) is 17.5 Å². The van der Waals surface area contributed by atoms with Crippen LogP contribution >= 0.6 is 11.6 Å². The molecule has 0 spiro atoms. The van der Waals surface area contributed by atoms with Gasteiger partial charge in [0, 0.05) is 6.20 Å². The highest BCUT2D eigenvalue weighted by Gasteiger charge is 2.32. The number of para-hydroxylation sites is 1. The predicted octanol–water partition coefficient (Wildman–Crippen LogP) is 1.69. The van der Waals surface area contributed by atoms with E-state index in [1.807, 2.05) is 10.9 Å². The van der Waals surface area contributed by atoms with Crippen LogP contribution in [0.15, 0.2) is 41.3 Å². The zero-order valence-electron chi connectivity index (χ0n) is 12.8. The molecule has 0 fully saturated rings. The summed E-state index contributed by atoms with van der Waals surface area (Å²) in [5.41, 5.74) is 1.57. The number of halogens is 4. The predicted molar refractivity (Wildman–Crippen MR) is 84.4 cm³/mol. The Morgan fingerprint density at radius 3 is 2.46 bits per heavy atom. The zero-order valence-corrected chi connectivity index (χ0v) is 13.6. The number of nitrogens with one attached hydrogen (secondary N) is 2. The minimum Gasteiger partial charge on any atom is -0.507 e. The number of pyridine rings is 1. The minimum atomic E-state index is -4.76. The number of rotatable bonds is 3. The third-order valence-electron chi connectivity index (χ3n) is 3.15. The molecule has 0 radical (unpaired) electrons. The molecule has 26 heavy (non-hydrogen) atoms. The summed E-state index contributed by atoms with van der Waals surface area (Å²) in [4.78, 5) is 35.3. The summed E-state index contributed by atoms with van der Waals surface area (Å²) in [6.45, 7) is -0.816. The number of alkyl halides is 3. The molecule has 11 heteroatoms. The average Bonchev–Trinajstić information content (AvgIpc) is 2.56. The lowest BCUT2D eigenvalue weighted by Crippen LogP contribution is -2.44. The number of carbonyl (C=O) groups is 2. The van der Waals surface area contributed by atoms with E-state index in [0.717, 1.165) is 0 Å². The Hall–Kier alpha value is -3.01. The van der Waals surface area contributed by atoms with Crippen molar-refractivity contribution >= 4 is 23.4 Å².